The number of hydrogen-bond donors (Lipinski definition) is 1. The van der Waals surface area contributed by atoms with E-state index in [0.717, 1.165) is 5.25 Å². The summed E-state index contributed by atoms with van der Waals surface area (Å²) in [5, 5.41) is 0.789. The van der Waals surface area contributed by atoms with Crippen molar-refractivity contribution in [3.05, 3.63) is 29.8 Å². The number of nitrogens with zero attached hydrogens (tertiary/aromatic N) is 1. The number of rotatable bonds is 3. The number of benzene rings is 1. The van der Waals surface area contributed by atoms with Crippen molar-refractivity contribution in [1.29, 1.82) is 0 Å². The SMILES string of the molecule is CCC1CN(c2ccc(C(C)N)cc2)CCS1. The molecule has 0 bridgehead atoms. The van der Waals surface area contributed by atoms with Crippen molar-refractivity contribution in [2.45, 2.75) is 31.6 Å². The lowest BCUT2D eigenvalue weighted by molar-refractivity contribution is 0.727. The minimum atomic E-state index is 0.129. The van der Waals surface area contributed by atoms with E-state index in [1.165, 1.54) is 36.5 Å². The first kappa shape index (κ1) is 12.8. The van der Waals surface area contributed by atoms with Gasteiger partial charge in [0.15, 0.2) is 0 Å². The van der Waals surface area contributed by atoms with Gasteiger partial charge in [-0.25, -0.2) is 0 Å². The van der Waals surface area contributed by atoms with E-state index < -0.39 is 0 Å². The summed E-state index contributed by atoms with van der Waals surface area (Å²) in [7, 11) is 0. The van der Waals surface area contributed by atoms with Crippen molar-refractivity contribution in [2.75, 3.05) is 23.7 Å². The fourth-order valence-electron chi connectivity index (χ4n) is 2.19. The normalized spacial score (nSPS) is 22.5. The molecule has 0 radical (unpaired) electrons. The summed E-state index contributed by atoms with van der Waals surface area (Å²) in [6.07, 6.45) is 1.26. The quantitative estimate of drug-likeness (QED) is 0.894. The second-order valence-electron chi connectivity index (χ2n) is 4.73. The van der Waals surface area contributed by atoms with Gasteiger partial charge in [-0.1, -0.05) is 19.1 Å². The molecule has 1 aliphatic heterocycles. The highest BCUT2D eigenvalue weighted by atomic mass is 32.2. The second kappa shape index (κ2) is 5.78. The van der Waals surface area contributed by atoms with Crippen LogP contribution < -0.4 is 10.6 Å². The van der Waals surface area contributed by atoms with E-state index in [2.05, 4.69) is 47.9 Å². The van der Waals surface area contributed by atoms with Gasteiger partial charge in [0.1, 0.15) is 0 Å². The van der Waals surface area contributed by atoms with E-state index >= 15 is 0 Å². The zero-order valence-electron chi connectivity index (χ0n) is 10.7. The molecule has 0 spiro atoms. The maximum absolute atomic E-state index is 5.87. The van der Waals surface area contributed by atoms with Crippen molar-refractivity contribution < 1.29 is 0 Å². The molecule has 0 aromatic heterocycles. The minimum Gasteiger partial charge on any atom is -0.370 e. The van der Waals surface area contributed by atoms with Crippen molar-refractivity contribution >= 4 is 17.4 Å². The number of nitrogens with two attached hydrogens (primary N) is 1. The molecule has 1 aromatic rings. The Balaban J connectivity index is 2.06. The Hall–Kier alpha value is -0.670. The molecule has 0 aliphatic carbocycles. The molecule has 1 aromatic carbocycles. The van der Waals surface area contributed by atoms with Crippen LogP contribution in [0.15, 0.2) is 24.3 Å². The Morgan fingerprint density at radius 1 is 1.41 bits per heavy atom. The van der Waals surface area contributed by atoms with Crippen LogP contribution in [-0.2, 0) is 0 Å². The van der Waals surface area contributed by atoms with Crippen LogP contribution in [0.2, 0.25) is 0 Å². The minimum absolute atomic E-state index is 0.129. The molecule has 2 unspecified atom stereocenters. The Morgan fingerprint density at radius 3 is 2.71 bits per heavy atom. The molecular formula is C14H22N2S. The van der Waals surface area contributed by atoms with Crippen molar-refractivity contribution in [2.24, 2.45) is 5.73 Å². The highest BCUT2D eigenvalue weighted by Gasteiger charge is 2.18. The van der Waals surface area contributed by atoms with E-state index in [1.807, 2.05) is 6.92 Å². The van der Waals surface area contributed by atoms with Gasteiger partial charge in [-0.3, -0.25) is 0 Å². The third-order valence-corrected chi connectivity index (χ3v) is 4.75. The number of thioether (sulfide) groups is 1. The van der Waals surface area contributed by atoms with Crippen LogP contribution in [0.1, 0.15) is 31.9 Å². The standard InChI is InChI=1S/C14H22N2S/c1-3-14-10-16(8-9-17-14)13-6-4-12(5-7-13)11(2)15/h4-7,11,14H,3,8-10,15H2,1-2H3. The molecule has 1 fully saturated rings. The van der Waals surface area contributed by atoms with Gasteiger partial charge in [-0.15, -0.1) is 0 Å². The summed E-state index contributed by atoms with van der Waals surface area (Å²) >= 11 is 2.11. The molecule has 2 atom stereocenters. The molecule has 1 saturated heterocycles. The summed E-state index contributed by atoms with van der Waals surface area (Å²) in [6, 6.07) is 8.86. The molecule has 3 heteroatoms. The van der Waals surface area contributed by atoms with E-state index in [1.54, 1.807) is 0 Å². The van der Waals surface area contributed by atoms with Crippen LogP contribution in [-0.4, -0.2) is 24.1 Å². The fourth-order valence-corrected chi connectivity index (χ4v) is 3.37. The zero-order valence-corrected chi connectivity index (χ0v) is 11.5. The molecule has 94 valence electrons. The van der Waals surface area contributed by atoms with Crippen LogP contribution in [0.4, 0.5) is 5.69 Å². The largest absolute Gasteiger partial charge is 0.370 e. The molecule has 17 heavy (non-hydrogen) atoms. The van der Waals surface area contributed by atoms with Crippen LogP contribution >= 0.6 is 11.8 Å². The first-order valence-electron chi connectivity index (χ1n) is 6.42. The predicted molar refractivity (Wildman–Crippen MR) is 77.8 cm³/mol. The van der Waals surface area contributed by atoms with E-state index in [-0.39, 0.29) is 6.04 Å². The van der Waals surface area contributed by atoms with Crippen LogP contribution in [0.5, 0.6) is 0 Å². The summed E-state index contributed by atoms with van der Waals surface area (Å²) in [6.45, 7) is 6.65. The molecule has 1 aliphatic rings. The molecular weight excluding hydrogens is 228 g/mol. The molecule has 0 saturated carbocycles. The Morgan fingerprint density at radius 2 is 2.12 bits per heavy atom. The molecule has 2 N–H and O–H groups in total. The Labute approximate surface area is 109 Å². The average molecular weight is 250 g/mol. The summed E-state index contributed by atoms with van der Waals surface area (Å²) in [5.74, 6) is 1.24. The summed E-state index contributed by atoms with van der Waals surface area (Å²) in [4.78, 5) is 2.50. The second-order valence-corrected chi connectivity index (χ2v) is 6.14. The maximum atomic E-state index is 5.87. The Kier molecular flexibility index (Phi) is 4.35. The van der Waals surface area contributed by atoms with Gasteiger partial charge >= 0.3 is 0 Å². The smallest absolute Gasteiger partial charge is 0.0367 e. The molecule has 0 amide bonds. The van der Waals surface area contributed by atoms with Gasteiger partial charge in [-0.05, 0) is 31.0 Å². The molecule has 2 nitrogen and oxygen atoms in total. The molecule has 2 rings (SSSR count). The van der Waals surface area contributed by atoms with E-state index in [4.69, 9.17) is 5.73 Å². The highest BCUT2D eigenvalue weighted by Crippen LogP contribution is 2.26. The summed E-state index contributed by atoms with van der Waals surface area (Å²) < 4.78 is 0. The highest BCUT2D eigenvalue weighted by molar-refractivity contribution is 8.00. The first-order chi connectivity index (χ1) is 8.20. The van der Waals surface area contributed by atoms with Gasteiger partial charge in [0.2, 0.25) is 0 Å². The zero-order chi connectivity index (χ0) is 12.3. The van der Waals surface area contributed by atoms with Crippen LogP contribution in [0.3, 0.4) is 0 Å². The maximum Gasteiger partial charge on any atom is 0.0367 e. The lowest BCUT2D eigenvalue weighted by Crippen LogP contribution is -2.37. The number of hydrogen-bond acceptors (Lipinski definition) is 3. The van der Waals surface area contributed by atoms with Gasteiger partial charge in [0, 0.05) is 35.8 Å². The monoisotopic (exact) mass is 250 g/mol. The molecule has 1 heterocycles. The third kappa shape index (κ3) is 3.17. The van der Waals surface area contributed by atoms with Gasteiger partial charge in [0.25, 0.3) is 0 Å². The van der Waals surface area contributed by atoms with Crippen molar-refractivity contribution in [3.8, 4) is 0 Å². The van der Waals surface area contributed by atoms with Crippen molar-refractivity contribution in [3.63, 3.8) is 0 Å². The lowest BCUT2D eigenvalue weighted by Gasteiger charge is -2.33. The van der Waals surface area contributed by atoms with Crippen LogP contribution in [0, 0.1) is 0 Å². The summed E-state index contributed by atoms with van der Waals surface area (Å²) in [5.41, 5.74) is 8.42. The topological polar surface area (TPSA) is 29.3 Å². The predicted octanol–water partition coefficient (Wildman–Crippen LogP) is 3.04. The number of anilines is 1. The Bertz CT molecular complexity index is 348. The third-order valence-electron chi connectivity index (χ3n) is 3.38. The first-order valence-corrected chi connectivity index (χ1v) is 7.47. The average Bonchev–Trinajstić information content (AvgIpc) is 2.39. The van der Waals surface area contributed by atoms with Crippen molar-refractivity contribution in [1.82, 2.24) is 0 Å². The lowest BCUT2D eigenvalue weighted by atomic mass is 10.1. The van der Waals surface area contributed by atoms with Crippen LogP contribution in [0.25, 0.3) is 0 Å². The van der Waals surface area contributed by atoms with Gasteiger partial charge in [0.05, 0.1) is 0 Å². The van der Waals surface area contributed by atoms with E-state index in [0.29, 0.717) is 0 Å². The fraction of sp³-hybridized carbons (Fsp3) is 0.571. The van der Waals surface area contributed by atoms with Gasteiger partial charge in [-0.2, -0.15) is 11.8 Å². The van der Waals surface area contributed by atoms with E-state index in [9.17, 15) is 0 Å². The van der Waals surface area contributed by atoms with Gasteiger partial charge < -0.3 is 10.6 Å².